The van der Waals surface area contributed by atoms with Gasteiger partial charge in [-0.05, 0) is 37.1 Å². The number of aromatic nitrogens is 2. The Balaban J connectivity index is 1.50. The van der Waals surface area contributed by atoms with Crippen LogP contribution in [0, 0.1) is 0 Å². The highest BCUT2D eigenvalue weighted by molar-refractivity contribution is 7.18. The van der Waals surface area contributed by atoms with Crippen molar-refractivity contribution in [3.63, 3.8) is 0 Å². The molecule has 0 saturated carbocycles. The lowest BCUT2D eigenvalue weighted by molar-refractivity contribution is 0.455. The van der Waals surface area contributed by atoms with Crippen molar-refractivity contribution in [2.24, 2.45) is 0 Å². The van der Waals surface area contributed by atoms with Crippen molar-refractivity contribution < 1.29 is 0 Å². The summed E-state index contributed by atoms with van der Waals surface area (Å²) in [6.07, 6.45) is 4.34. The molecule has 3 aromatic rings. The van der Waals surface area contributed by atoms with Crippen LogP contribution in [0.15, 0.2) is 54.7 Å². The Bertz CT molecular complexity index is 794. The zero-order valence-electron chi connectivity index (χ0n) is 13.4. The Morgan fingerprint density at radius 1 is 1.08 bits per heavy atom. The van der Waals surface area contributed by atoms with Gasteiger partial charge in [0, 0.05) is 24.4 Å². The van der Waals surface area contributed by atoms with Crippen molar-refractivity contribution in [3.8, 4) is 10.4 Å². The predicted molar refractivity (Wildman–Crippen MR) is 99.9 cm³/mol. The fraction of sp³-hybridized carbons (Fsp3) is 0.263. The van der Waals surface area contributed by atoms with Crippen molar-refractivity contribution in [1.29, 1.82) is 0 Å². The van der Waals surface area contributed by atoms with Crippen molar-refractivity contribution in [2.45, 2.75) is 18.8 Å². The first-order valence-electron chi connectivity index (χ1n) is 8.34. The Kier molecular flexibility index (Phi) is 4.53. The molecule has 0 aliphatic carbocycles. The SMILES string of the molecule is c1ccc(-c2cnc(Nc3cccc([C@H]4CCCNC4)n3)s2)cc1. The molecule has 2 N–H and O–H groups in total. The maximum absolute atomic E-state index is 4.79. The monoisotopic (exact) mass is 336 g/mol. The Morgan fingerprint density at radius 3 is 2.83 bits per heavy atom. The van der Waals surface area contributed by atoms with Crippen LogP contribution in [-0.4, -0.2) is 23.1 Å². The third-order valence-electron chi connectivity index (χ3n) is 4.28. The standard InChI is InChI=1S/C19H20N4S/c1-2-6-14(7-3-1)17-13-21-19(24-17)23-18-10-4-9-16(22-18)15-8-5-11-20-12-15/h1-4,6-7,9-10,13,15,20H,5,8,11-12H2,(H,21,22,23)/t15-/m0/s1. The summed E-state index contributed by atoms with van der Waals surface area (Å²) < 4.78 is 0. The molecule has 1 saturated heterocycles. The van der Waals surface area contributed by atoms with E-state index < -0.39 is 0 Å². The molecule has 1 aliphatic rings. The molecule has 122 valence electrons. The summed E-state index contributed by atoms with van der Waals surface area (Å²) in [5.74, 6) is 1.38. The number of hydrogen-bond acceptors (Lipinski definition) is 5. The Hall–Kier alpha value is -2.24. The number of benzene rings is 1. The third-order valence-corrected chi connectivity index (χ3v) is 5.25. The van der Waals surface area contributed by atoms with E-state index >= 15 is 0 Å². The molecule has 2 aromatic heterocycles. The lowest BCUT2D eigenvalue weighted by Gasteiger charge is -2.22. The van der Waals surface area contributed by atoms with Gasteiger partial charge >= 0.3 is 0 Å². The van der Waals surface area contributed by atoms with Crippen LogP contribution in [0.4, 0.5) is 10.9 Å². The minimum atomic E-state index is 0.511. The Morgan fingerprint density at radius 2 is 2.00 bits per heavy atom. The summed E-state index contributed by atoms with van der Waals surface area (Å²) in [4.78, 5) is 10.4. The summed E-state index contributed by atoms with van der Waals surface area (Å²) in [5, 5.41) is 7.68. The van der Waals surface area contributed by atoms with Gasteiger partial charge in [0.25, 0.3) is 0 Å². The zero-order chi connectivity index (χ0) is 16.2. The maximum atomic E-state index is 4.79. The molecule has 1 atom stereocenters. The van der Waals surface area contributed by atoms with Gasteiger partial charge in [0.1, 0.15) is 5.82 Å². The molecule has 0 radical (unpaired) electrons. The fourth-order valence-electron chi connectivity index (χ4n) is 3.03. The number of hydrogen-bond donors (Lipinski definition) is 2. The lowest BCUT2D eigenvalue weighted by atomic mass is 9.96. The topological polar surface area (TPSA) is 49.8 Å². The molecule has 1 aromatic carbocycles. The van der Waals surface area contributed by atoms with Gasteiger partial charge in [-0.3, -0.25) is 0 Å². The van der Waals surface area contributed by atoms with E-state index in [4.69, 9.17) is 4.98 Å². The number of nitrogens with zero attached hydrogens (tertiary/aromatic N) is 2. The highest BCUT2D eigenvalue weighted by atomic mass is 32.1. The van der Waals surface area contributed by atoms with Crippen molar-refractivity contribution in [3.05, 3.63) is 60.4 Å². The van der Waals surface area contributed by atoms with Crippen LogP contribution in [0.1, 0.15) is 24.5 Å². The molecule has 0 bridgehead atoms. The first-order chi connectivity index (χ1) is 11.9. The molecule has 5 heteroatoms. The molecule has 0 amide bonds. The molecule has 0 spiro atoms. The third kappa shape index (κ3) is 3.47. The number of rotatable bonds is 4. The highest BCUT2D eigenvalue weighted by Gasteiger charge is 2.16. The number of nitrogens with one attached hydrogen (secondary N) is 2. The minimum absolute atomic E-state index is 0.511. The first-order valence-corrected chi connectivity index (χ1v) is 9.16. The van der Waals surface area contributed by atoms with Crippen molar-refractivity contribution in [1.82, 2.24) is 15.3 Å². The number of piperidine rings is 1. The molecule has 4 rings (SSSR count). The van der Waals surface area contributed by atoms with Crippen molar-refractivity contribution >= 4 is 22.3 Å². The molecule has 1 aliphatic heterocycles. The summed E-state index contributed by atoms with van der Waals surface area (Å²) in [7, 11) is 0. The lowest BCUT2D eigenvalue weighted by Crippen LogP contribution is -2.28. The maximum Gasteiger partial charge on any atom is 0.188 e. The van der Waals surface area contributed by atoms with E-state index in [9.17, 15) is 0 Å². The largest absolute Gasteiger partial charge is 0.316 e. The number of anilines is 2. The molecule has 4 nitrogen and oxygen atoms in total. The zero-order valence-corrected chi connectivity index (χ0v) is 14.2. The summed E-state index contributed by atoms with van der Waals surface area (Å²) >= 11 is 1.65. The van der Waals surface area contributed by atoms with Gasteiger partial charge in [-0.15, -0.1) is 0 Å². The highest BCUT2D eigenvalue weighted by Crippen LogP contribution is 2.30. The van der Waals surface area contributed by atoms with Crippen LogP contribution < -0.4 is 10.6 Å². The summed E-state index contributed by atoms with van der Waals surface area (Å²) in [6.45, 7) is 2.14. The normalized spacial score (nSPS) is 17.6. The number of pyridine rings is 1. The van der Waals surface area contributed by atoms with Crippen LogP contribution in [0.2, 0.25) is 0 Å². The van der Waals surface area contributed by atoms with Gasteiger partial charge in [0.2, 0.25) is 0 Å². The summed E-state index contributed by atoms with van der Waals surface area (Å²) in [6, 6.07) is 16.5. The van der Waals surface area contributed by atoms with Crippen LogP contribution in [0.25, 0.3) is 10.4 Å². The van der Waals surface area contributed by atoms with E-state index in [1.54, 1.807) is 11.3 Å². The molecule has 3 heterocycles. The molecule has 0 unspecified atom stereocenters. The van der Waals surface area contributed by atoms with Gasteiger partial charge < -0.3 is 10.6 Å². The van der Waals surface area contributed by atoms with E-state index in [0.29, 0.717) is 5.92 Å². The summed E-state index contributed by atoms with van der Waals surface area (Å²) in [5.41, 5.74) is 2.35. The molecule has 1 fully saturated rings. The van der Waals surface area contributed by atoms with E-state index in [1.807, 2.05) is 30.5 Å². The van der Waals surface area contributed by atoms with Crippen LogP contribution >= 0.6 is 11.3 Å². The van der Waals surface area contributed by atoms with Gasteiger partial charge in [-0.25, -0.2) is 9.97 Å². The first kappa shape index (κ1) is 15.3. The quantitative estimate of drug-likeness (QED) is 0.741. The Labute approximate surface area is 146 Å². The second-order valence-electron chi connectivity index (χ2n) is 6.01. The van der Waals surface area contributed by atoms with Gasteiger partial charge in [0.05, 0.1) is 4.88 Å². The molecule has 24 heavy (non-hydrogen) atoms. The van der Waals surface area contributed by atoms with E-state index in [1.165, 1.54) is 18.4 Å². The number of thiazole rings is 1. The van der Waals surface area contributed by atoms with Crippen LogP contribution in [0.5, 0.6) is 0 Å². The second-order valence-corrected chi connectivity index (χ2v) is 7.04. The average Bonchev–Trinajstić information content (AvgIpc) is 3.12. The van der Waals surface area contributed by atoms with E-state index in [0.717, 1.165) is 34.6 Å². The predicted octanol–water partition coefficient (Wildman–Crippen LogP) is 4.42. The molecular weight excluding hydrogens is 316 g/mol. The van der Waals surface area contributed by atoms with Crippen LogP contribution in [0.3, 0.4) is 0 Å². The van der Waals surface area contributed by atoms with E-state index in [2.05, 4.69) is 39.9 Å². The van der Waals surface area contributed by atoms with Gasteiger partial charge in [-0.2, -0.15) is 0 Å². The van der Waals surface area contributed by atoms with Crippen LogP contribution in [-0.2, 0) is 0 Å². The average molecular weight is 336 g/mol. The fourth-order valence-corrected chi connectivity index (χ4v) is 3.86. The van der Waals surface area contributed by atoms with Gasteiger partial charge in [0.15, 0.2) is 5.13 Å². The van der Waals surface area contributed by atoms with Crippen molar-refractivity contribution in [2.75, 3.05) is 18.4 Å². The minimum Gasteiger partial charge on any atom is -0.316 e. The van der Waals surface area contributed by atoms with Gasteiger partial charge in [-0.1, -0.05) is 47.7 Å². The van der Waals surface area contributed by atoms with E-state index in [-0.39, 0.29) is 0 Å². The second kappa shape index (κ2) is 7.11. The smallest absolute Gasteiger partial charge is 0.188 e. The molecular formula is C19H20N4S.